The molecule has 0 unspecified atom stereocenters. The second kappa shape index (κ2) is 6.52. The number of nitrogens with one attached hydrogen (secondary N) is 1. The Hall–Kier alpha value is -2.82. The predicted octanol–water partition coefficient (Wildman–Crippen LogP) is 2.45. The first-order chi connectivity index (χ1) is 11.1. The van der Waals surface area contributed by atoms with Gasteiger partial charge in [-0.25, -0.2) is 4.79 Å². The summed E-state index contributed by atoms with van der Waals surface area (Å²) in [5.74, 6) is -0.840. The number of ether oxygens (including phenoxy) is 1. The van der Waals surface area contributed by atoms with Gasteiger partial charge in [-0.2, -0.15) is 0 Å². The fourth-order valence-corrected chi connectivity index (χ4v) is 2.20. The minimum atomic E-state index is -0.957. The zero-order valence-corrected chi connectivity index (χ0v) is 12.6. The van der Waals surface area contributed by atoms with Gasteiger partial charge in [-0.05, 0) is 37.1 Å². The van der Waals surface area contributed by atoms with E-state index < -0.39 is 12.1 Å². The maximum atomic E-state index is 12.4. The molecule has 3 N–H and O–H groups in total. The highest BCUT2D eigenvalue weighted by molar-refractivity contribution is 5.93. The maximum absolute atomic E-state index is 12.4. The standard InChI is InChI=1S/C18H18N2O3/c19-14-8-6-13(7-9-14)18(22)23-16(12-4-2-1-3-5-12)17(21)20-15-10-11-15/h1-9,15-16H,10-11,19H2,(H,20,21)/t16-/m0/s1. The van der Waals surface area contributed by atoms with Crippen LogP contribution in [0.1, 0.15) is 34.9 Å². The molecule has 1 amide bonds. The lowest BCUT2D eigenvalue weighted by atomic mass is 10.1. The molecule has 1 atom stereocenters. The highest BCUT2D eigenvalue weighted by Gasteiger charge is 2.31. The molecule has 0 aliphatic heterocycles. The van der Waals surface area contributed by atoms with Crippen molar-refractivity contribution in [3.05, 3.63) is 65.7 Å². The average molecular weight is 310 g/mol. The van der Waals surface area contributed by atoms with Gasteiger partial charge in [0.1, 0.15) is 0 Å². The number of benzene rings is 2. The van der Waals surface area contributed by atoms with E-state index in [0.717, 1.165) is 12.8 Å². The van der Waals surface area contributed by atoms with Gasteiger partial charge in [-0.1, -0.05) is 30.3 Å². The van der Waals surface area contributed by atoms with Crippen molar-refractivity contribution in [2.24, 2.45) is 0 Å². The van der Waals surface area contributed by atoms with Gasteiger partial charge in [0, 0.05) is 17.3 Å². The van der Waals surface area contributed by atoms with Gasteiger partial charge in [0.15, 0.2) is 0 Å². The number of carbonyl (C=O) groups excluding carboxylic acids is 2. The van der Waals surface area contributed by atoms with Crippen LogP contribution in [0.3, 0.4) is 0 Å². The summed E-state index contributed by atoms with van der Waals surface area (Å²) in [6.45, 7) is 0. The number of hydrogen-bond acceptors (Lipinski definition) is 4. The van der Waals surface area contributed by atoms with Gasteiger partial charge >= 0.3 is 5.97 Å². The second-order valence-corrected chi connectivity index (χ2v) is 5.60. The Kier molecular flexibility index (Phi) is 4.28. The smallest absolute Gasteiger partial charge is 0.339 e. The minimum absolute atomic E-state index is 0.198. The number of nitrogen functional groups attached to an aromatic ring is 1. The van der Waals surface area contributed by atoms with Crippen molar-refractivity contribution in [1.29, 1.82) is 0 Å². The molecule has 0 aromatic heterocycles. The molecule has 1 saturated carbocycles. The van der Waals surface area contributed by atoms with Crippen molar-refractivity contribution in [3.63, 3.8) is 0 Å². The molecule has 2 aromatic rings. The first-order valence-electron chi connectivity index (χ1n) is 7.55. The molecule has 5 heteroatoms. The molecule has 23 heavy (non-hydrogen) atoms. The van der Waals surface area contributed by atoms with Crippen LogP contribution in [0, 0.1) is 0 Å². The van der Waals surface area contributed by atoms with Crippen molar-refractivity contribution in [2.75, 3.05) is 5.73 Å². The summed E-state index contributed by atoms with van der Waals surface area (Å²) in [7, 11) is 0. The monoisotopic (exact) mass is 310 g/mol. The van der Waals surface area contributed by atoms with Gasteiger partial charge in [0.2, 0.25) is 6.10 Å². The molecule has 2 aromatic carbocycles. The molecule has 1 aliphatic carbocycles. The highest BCUT2D eigenvalue weighted by Crippen LogP contribution is 2.24. The van der Waals surface area contributed by atoms with E-state index in [2.05, 4.69) is 5.32 Å². The van der Waals surface area contributed by atoms with E-state index in [4.69, 9.17) is 10.5 Å². The summed E-state index contributed by atoms with van der Waals surface area (Å²) in [5, 5.41) is 2.88. The number of hydrogen-bond donors (Lipinski definition) is 2. The molecule has 0 heterocycles. The Morgan fingerprint density at radius 3 is 2.30 bits per heavy atom. The topological polar surface area (TPSA) is 81.4 Å². The van der Waals surface area contributed by atoms with Gasteiger partial charge in [0.05, 0.1) is 5.56 Å². The van der Waals surface area contributed by atoms with Crippen molar-refractivity contribution in [3.8, 4) is 0 Å². The number of carbonyl (C=O) groups is 2. The van der Waals surface area contributed by atoms with Crippen LogP contribution in [0.25, 0.3) is 0 Å². The fraction of sp³-hybridized carbons (Fsp3) is 0.222. The molecule has 1 fully saturated rings. The summed E-state index contributed by atoms with van der Waals surface area (Å²) < 4.78 is 5.46. The number of rotatable bonds is 5. The predicted molar refractivity (Wildman–Crippen MR) is 86.6 cm³/mol. The molecular formula is C18H18N2O3. The van der Waals surface area contributed by atoms with E-state index in [1.807, 2.05) is 18.2 Å². The van der Waals surface area contributed by atoms with Crippen LogP contribution in [0.2, 0.25) is 0 Å². The lowest BCUT2D eigenvalue weighted by molar-refractivity contribution is -0.130. The molecule has 5 nitrogen and oxygen atoms in total. The molecule has 0 bridgehead atoms. The van der Waals surface area contributed by atoms with E-state index in [1.54, 1.807) is 36.4 Å². The van der Waals surface area contributed by atoms with Crippen molar-refractivity contribution in [2.45, 2.75) is 25.0 Å². The first-order valence-corrected chi connectivity index (χ1v) is 7.55. The van der Waals surface area contributed by atoms with Gasteiger partial charge in [0.25, 0.3) is 5.91 Å². The van der Waals surface area contributed by atoms with Crippen LogP contribution in [-0.2, 0) is 9.53 Å². The zero-order chi connectivity index (χ0) is 16.2. The Bertz CT molecular complexity index is 694. The van der Waals surface area contributed by atoms with Gasteiger partial charge in [-0.15, -0.1) is 0 Å². The van der Waals surface area contributed by atoms with Crippen LogP contribution in [-0.4, -0.2) is 17.9 Å². The maximum Gasteiger partial charge on any atom is 0.339 e. The Morgan fingerprint density at radius 2 is 1.70 bits per heavy atom. The molecule has 0 saturated heterocycles. The normalized spacial score (nSPS) is 14.8. The van der Waals surface area contributed by atoms with Gasteiger partial charge < -0.3 is 15.8 Å². The second-order valence-electron chi connectivity index (χ2n) is 5.60. The van der Waals surface area contributed by atoms with Crippen molar-refractivity contribution in [1.82, 2.24) is 5.32 Å². The fourth-order valence-electron chi connectivity index (χ4n) is 2.20. The molecule has 3 rings (SSSR count). The van der Waals surface area contributed by atoms with E-state index in [9.17, 15) is 9.59 Å². The van der Waals surface area contributed by atoms with E-state index in [-0.39, 0.29) is 11.9 Å². The van der Waals surface area contributed by atoms with Gasteiger partial charge in [-0.3, -0.25) is 4.79 Å². The number of amides is 1. The highest BCUT2D eigenvalue weighted by atomic mass is 16.5. The van der Waals surface area contributed by atoms with E-state index >= 15 is 0 Å². The zero-order valence-electron chi connectivity index (χ0n) is 12.6. The molecule has 118 valence electrons. The summed E-state index contributed by atoms with van der Waals surface area (Å²) in [6, 6.07) is 15.6. The molecule has 1 aliphatic rings. The van der Waals surface area contributed by atoms with Crippen molar-refractivity contribution < 1.29 is 14.3 Å². The average Bonchev–Trinajstić information content (AvgIpc) is 3.37. The SMILES string of the molecule is Nc1ccc(C(=O)O[C@H](C(=O)NC2CC2)c2ccccc2)cc1. The van der Waals surface area contributed by atoms with Crippen LogP contribution in [0.5, 0.6) is 0 Å². The number of nitrogens with two attached hydrogens (primary N) is 1. The molecule has 0 spiro atoms. The Morgan fingerprint density at radius 1 is 1.04 bits per heavy atom. The Labute approximate surface area is 134 Å². The number of esters is 1. The van der Waals surface area contributed by atoms with Crippen LogP contribution in [0.4, 0.5) is 5.69 Å². The molecule has 0 radical (unpaired) electrons. The van der Waals surface area contributed by atoms with E-state index in [1.165, 1.54) is 0 Å². The molecular weight excluding hydrogens is 292 g/mol. The summed E-state index contributed by atoms with van der Waals surface area (Å²) in [6.07, 6.45) is 0.986. The third kappa shape index (κ3) is 3.88. The van der Waals surface area contributed by atoms with Crippen LogP contribution >= 0.6 is 0 Å². The van der Waals surface area contributed by atoms with Crippen molar-refractivity contribution >= 4 is 17.6 Å². The number of anilines is 1. The lowest BCUT2D eigenvalue weighted by Gasteiger charge is -2.18. The minimum Gasteiger partial charge on any atom is -0.444 e. The first kappa shape index (κ1) is 15.1. The summed E-state index contributed by atoms with van der Waals surface area (Å²) >= 11 is 0. The largest absolute Gasteiger partial charge is 0.444 e. The van der Waals surface area contributed by atoms with Crippen LogP contribution in [0.15, 0.2) is 54.6 Å². The quantitative estimate of drug-likeness (QED) is 0.656. The third-order valence-electron chi connectivity index (χ3n) is 3.64. The third-order valence-corrected chi connectivity index (χ3v) is 3.64. The summed E-state index contributed by atoms with van der Waals surface area (Å²) in [4.78, 5) is 24.7. The van der Waals surface area contributed by atoms with E-state index in [0.29, 0.717) is 16.8 Å². The lowest BCUT2D eigenvalue weighted by Crippen LogP contribution is -2.33. The van der Waals surface area contributed by atoms with Crippen LogP contribution < -0.4 is 11.1 Å². The summed E-state index contributed by atoms with van der Waals surface area (Å²) in [5.41, 5.74) is 7.18. The Balaban J connectivity index is 1.78.